The van der Waals surface area contributed by atoms with Crippen LogP contribution >= 0.6 is 12.2 Å². The Morgan fingerprint density at radius 1 is 1.53 bits per heavy atom. The van der Waals surface area contributed by atoms with Gasteiger partial charge in [-0.2, -0.15) is 0 Å². The summed E-state index contributed by atoms with van der Waals surface area (Å²) in [7, 11) is 0. The lowest BCUT2D eigenvalue weighted by Crippen LogP contribution is -2.48. The largest absolute Gasteiger partial charge is 0.389 e. The molecule has 17 heavy (non-hydrogen) atoms. The van der Waals surface area contributed by atoms with Crippen LogP contribution in [0.4, 0.5) is 5.69 Å². The van der Waals surface area contributed by atoms with Gasteiger partial charge in [0.05, 0.1) is 6.54 Å². The van der Waals surface area contributed by atoms with Crippen molar-refractivity contribution < 1.29 is 4.79 Å². The Morgan fingerprint density at radius 3 is 2.94 bits per heavy atom. The second kappa shape index (κ2) is 4.71. The maximum absolute atomic E-state index is 11.4. The number of piperazine rings is 1. The zero-order valence-corrected chi connectivity index (χ0v) is 10.5. The minimum Gasteiger partial charge on any atom is -0.389 e. The van der Waals surface area contributed by atoms with E-state index in [2.05, 4.69) is 5.32 Å². The molecule has 90 valence electrons. The van der Waals surface area contributed by atoms with Crippen LogP contribution in [0.15, 0.2) is 18.2 Å². The highest BCUT2D eigenvalue weighted by atomic mass is 32.1. The van der Waals surface area contributed by atoms with Gasteiger partial charge in [0.2, 0.25) is 5.91 Å². The molecule has 1 aromatic rings. The monoisotopic (exact) mass is 249 g/mol. The number of hydrogen-bond acceptors (Lipinski definition) is 3. The Labute approximate surface area is 106 Å². The van der Waals surface area contributed by atoms with Gasteiger partial charge in [-0.15, -0.1) is 0 Å². The molecule has 1 fully saturated rings. The molecular formula is C12H15N3OS. The van der Waals surface area contributed by atoms with Crippen LogP contribution in [-0.2, 0) is 4.79 Å². The molecule has 0 bridgehead atoms. The smallest absolute Gasteiger partial charge is 0.239 e. The van der Waals surface area contributed by atoms with E-state index in [-0.39, 0.29) is 5.91 Å². The van der Waals surface area contributed by atoms with Gasteiger partial charge < -0.3 is 16.0 Å². The lowest BCUT2D eigenvalue weighted by Gasteiger charge is -2.30. The van der Waals surface area contributed by atoms with Crippen molar-refractivity contribution in [1.82, 2.24) is 5.32 Å². The number of carbonyl (C=O) groups is 1. The third-order valence-electron chi connectivity index (χ3n) is 2.80. The van der Waals surface area contributed by atoms with E-state index in [1.165, 1.54) is 0 Å². The molecule has 0 unspecified atom stereocenters. The summed E-state index contributed by atoms with van der Waals surface area (Å²) in [6.07, 6.45) is 0. The number of nitrogens with two attached hydrogens (primary N) is 1. The van der Waals surface area contributed by atoms with Crippen molar-refractivity contribution in [3.63, 3.8) is 0 Å². The highest BCUT2D eigenvalue weighted by Gasteiger charge is 2.19. The van der Waals surface area contributed by atoms with E-state index in [9.17, 15) is 4.79 Å². The van der Waals surface area contributed by atoms with Crippen LogP contribution in [0.5, 0.6) is 0 Å². The van der Waals surface area contributed by atoms with E-state index >= 15 is 0 Å². The number of thiocarbonyl (C=S) groups is 1. The zero-order valence-electron chi connectivity index (χ0n) is 9.69. The second-order valence-corrected chi connectivity index (χ2v) is 4.60. The molecule has 0 atom stereocenters. The molecule has 2 rings (SSSR count). The molecular weight excluding hydrogens is 234 g/mol. The molecule has 5 heteroatoms. The summed E-state index contributed by atoms with van der Waals surface area (Å²) in [6, 6.07) is 5.94. The Kier molecular flexibility index (Phi) is 3.28. The first-order valence-electron chi connectivity index (χ1n) is 5.50. The van der Waals surface area contributed by atoms with Crippen molar-refractivity contribution in [3.8, 4) is 0 Å². The molecule has 0 radical (unpaired) electrons. The van der Waals surface area contributed by atoms with Crippen LogP contribution < -0.4 is 16.0 Å². The number of aryl methyl sites for hydroxylation is 1. The lowest BCUT2D eigenvalue weighted by atomic mass is 10.1. The fraction of sp³-hybridized carbons (Fsp3) is 0.333. The quantitative estimate of drug-likeness (QED) is 0.752. The molecule has 0 spiro atoms. The third kappa shape index (κ3) is 2.55. The summed E-state index contributed by atoms with van der Waals surface area (Å²) in [5.74, 6) is 0.0331. The zero-order chi connectivity index (χ0) is 12.4. The minimum absolute atomic E-state index is 0.0331. The van der Waals surface area contributed by atoms with E-state index in [4.69, 9.17) is 18.0 Å². The number of benzene rings is 1. The average Bonchev–Trinajstić information content (AvgIpc) is 2.28. The number of carbonyl (C=O) groups excluding carboxylic acids is 1. The van der Waals surface area contributed by atoms with Crippen molar-refractivity contribution in [2.45, 2.75) is 6.92 Å². The Balaban J connectivity index is 2.37. The topological polar surface area (TPSA) is 58.4 Å². The van der Waals surface area contributed by atoms with Gasteiger partial charge in [0.1, 0.15) is 4.99 Å². The molecule has 0 aromatic heterocycles. The summed E-state index contributed by atoms with van der Waals surface area (Å²) in [5, 5.41) is 2.80. The van der Waals surface area contributed by atoms with Crippen molar-refractivity contribution in [1.29, 1.82) is 0 Å². The van der Waals surface area contributed by atoms with Gasteiger partial charge in [-0.05, 0) is 19.1 Å². The molecule has 1 aliphatic rings. The number of nitrogens with zero attached hydrogens (tertiary/aromatic N) is 1. The van der Waals surface area contributed by atoms with Gasteiger partial charge in [0, 0.05) is 24.3 Å². The molecule has 0 saturated carbocycles. The molecule has 1 saturated heterocycles. The molecule has 3 N–H and O–H groups in total. The van der Waals surface area contributed by atoms with E-state index in [1.807, 2.05) is 30.0 Å². The van der Waals surface area contributed by atoms with E-state index in [1.54, 1.807) is 0 Å². The first-order chi connectivity index (χ1) is 8.08. The van der Waals surface area contributed by atoms with Crippen molar-refractivity contribution in [2.75, 3.05) is 24.5 Å². The summed E-state index contributed by atoms with van der Waals surface area (Å²) in [6.45, 7) is 3.79. The normalized spacial score (nSPS) is 15.6. The number of hydrogen-bond donors (Lipinski definition) is 2. The summed E-state index contributed by atoms with van der Waals surface area (Å²) >= 11 is 5.06. The molecule has 4 nitrogen and oxygen atoms in total. The Bertz CT molecular complexity index is 473. The number of nitrogens with one attached hydrogen (secondary N) is 1. The van der Waals surface area contributed by atoms with Gasteiger partial charge >= 0.3 is 0 Å². The molecule has 1 heterocycles. The summed E-state index contributed by atoms with van der Waals surface area (Å²) in [4.78, 5) is 13.8. The maximum Gasteiger partial charge on any atom is 0.239 e. The van der Waals surface area contributed by atoms with Gasteiger partial charge in [-0.1, -0.05) is 23.8 Å². The fourth-order valence-corrected chi connectivity index (χ4v) is 2.13. The van der Waals surface area contributed by atoms with Gasteiger partial charge in [-0.3, -0.25) is 4.79 Å². The van der Waals surface area contributed by atoms with Crippen LogP contribution in [0.2, 0.25) is 0 Å². The number of amides is 1. The van der Waals surface area contributed by atoms with Crippen LogP contribution in [0, 0.1) is 6.92 Å². The standard InChI is InChI=1S/C12H15N3OS/c1-8-2-3-10(9(6-8)12(13)17)15-5-4-14-11(16)7-15/h2-3,6H,4-5,7H2,1H3,(H2,13,17)(H,14,16). The SMILES string of the molecule is Cc1ccc(N2CCNC(=O)C2)c(C(N)=S)c1. The molecule has 1 amide bonds. The fourth-order valence-electron chi connectivity index (χ4n) is 1.97. The van der Waals surface area contributed by atoms with Crippen molar-refractivity contribution >= 4 is 28.8 Å². The molecule has 1 aliphatic heterocycles. The number of anilines is 1. The number of rotatable bonds is 2. The van der Waals surface area contributed by atoms with Crippen LogP contribution in [0.3, 0.4) is 0 Å². The third-order valence-corrected chi connectivity index (χ3v) is 3.02. The van der Waals surface area contributed by atoms with E-state index < -0.39 is 0 Å². The van der Waals surface area contributed by atoms with Gasteiger partial charge in [0.25, 0.3) is 0 Å². The summed E-state index contributed by atoms with van der Waals surface area (Å²) in [5.41, 5.74) is 8.62. The van der Waals surface area contributed by atoms with Crippen LogP contribution in [0.1, 0.15) is 11.1 Å². The second-order valence-electron chi connectivity index (χ2n) is 4.16. The predicted octanol–water partition coefficient (Wildman–Crippen LogP) is 0.565. The van der Waals surface area contributed by atoms with E-state index in [0.29, 0.717) is 18.1 Å². The van der Waals surface area contributed by atoms with Gasteiger partial charge in [-0.25, -0.2) is 0 Å². The first kappa shape index (κ1) is 11.9. The van der Waals surface area contributed by atoms with Crippen molar-refractivity contribution in [3.05, 3.63) is 29.3 Å². The minimum atomic E-state index is 0.0331. The van der Waals surface area contributed by atoms with Crippen LogP contribution in [0.25, 0.3) is 0 Å². The Morgan fingerprint density at radius 2 is 2.29 bits per heavy atom. The average molecular weight is 249 g/mol. The maximum atomic E-state index is 11.4. The lowest BCUT2D eigenvalue weighted by molar-refractivity contribution is -0.120. The molecule has 1 aromatic carbocycles. The molecule has 0 aliphatic carbocycles. The predicted molar refractivity (Wildman–Crippen MR) is 72.3 cm³/mol. The highest BCUT2D eigenvalue weighted by Crippen LogP contribution is 2.22. The van der Waals surface area contributed by atoms with Crippen molar-refractivity contribution in [2.24, 2.45) is 5.73 Å². The Hall–Kier alpha value is -1.62. The van der Waals surface area contributed by atoms with Gasteiger partial charge in [0.15, 0.2) is 0 Å². The first-order valence-corrected chi connectivity index (χ1v) is 5.91. The van der Waals surface area contributed by atoms with E-state index in [0.717, 1.165) is 23.4 Å². The van der Waals surface area contributed by atoms with Crippen LogP contribution in [-0.4, -0.2) is 30.5 Å². The highest BCUT2D eigenvalue weighted by molar-refractivity contribution is 7.80. The summed E-state index contributed by atoms with van der Waals surface area (Å²) < 4.78 is 0.